The largest absolute Gasteiger partial charge is 0.310 e. The van der Waals surface area contributed by atoms with Crippen LogP contribution in [0.2, 0.25) is 0 Å². The minimum atomic E-state index is -0.499. The van der Waals surface area contributed by atoms with E-state index in [0.717, 1.165) is 22.7 Å². The third kappa shape index (κ3) is 4.40. The average Bonchev–Trinajstić information content (AvgIpc) is 3.79. The Morgan fingerprint density at radius 2 is 0.915 bits per heavy atom. The maximum Gasteiger partial charge on any atom is 0.0726 e. The van der Waals surface area contributed by atoms with Crippen LogP contribution in [0, 0.1) is 0 Å². The molecule has 10 aromatic carbocycles. The van der Waals surface area contributed by atoms with Crippen LogP contribution in [0.3, 0.4) is 0 Å². The van der Waals surface area contributed by atoms with Gasteiger partial charge in [0.2, 0.25) is 0 Å². The van der Waals surface area contributed by atoms with Crippen molar-refractivity contribution in [2.45, 2.75) is 5.41 Å². The zero-order chi connectivity index (χ0) is 38.7. The predicted octanol–water partition coefficient (Wildman–Crippen LogP) is 14.9. The molecule has 0 bridgehead atoms. The van der Waals surface area contributed by atoms with Gasteiger partial charge < -0.3 is 9.47 Å². The fraction of sp³-hybridized carbons (Fsp3) is 0.0175. The van der Waals surface area contributed by atoms with Gasteiger partial charge in [-0.25, -0.2) is 0 Å². The number of aromatic nitrogens is 1. The Kier molecular flexibility index (Phi) is 6.68. The predicted molar refractivity (Wildman–Crippen MR) is 247 cm³/mol. The first-order valence-electron chi connectivity index (χ1n) is 20.5. The number of rotatable bonds is 4. The Hall–Kier alpha value is -7.68. The van der Waals surface area contributed by atoms with Crippen molar-refractivity contribution < 1.29 is 0 Å². The molecule has 274 valence electrons. The molecule has 1 aromatic heterocycles. The average molecular weight is 749 g/mol. The highest BCUT2D eigenvalue weighted by Gasteiger charge is 2.50. The van der Waals surface area contributed by atoms with Crippen LogP contribution in [0.15, 0.2) is 218 Å². The van der Waals surface area contributed by atoms with E-state index in [1.54, 1.807) is 0 Å². The Labute approximate surface area is 342 Å². The lowest BCUT2D eigenvalue weighted by atomic mass is 9.61. The Bertz CT molecular complexity index is 3470. The minimum absolute atomic E-state index is 0.499. The summed E-state index contributed by atoms with van der Waals surface area (Å²) in [6.07, 6.45) is 0. The molecular weight excluding hydrogens is 713 g/mol. The van der Waals surface area contributed by atoms with Gasteiger partial charge in [0.25, 0.3) is 0 Å². The molecular formula is C57H36N2. The van der Waals surface area contributed by atoms with Gasteiger partial charge in [0.05, 0.1) is 16.4 Å². The molecule has 2 aliphatic carbocycles. The highest BCUT2D eigenvalue weighted by Crippen LogP contribution is 2.62. The van der Waals surface area contributed by atoms with Gasteiger partial charge in [-0.2, -0.15) is 0 Å². The lowest BCUT2D eigenvalue weighted by molar-refractivity contribution is 0.773. The molecule has 0 saturated carbocycles. The van der Waals surface area contributed by atoms with E-state index >= 15 is 0 Å². The molecule has 0 amide bonds. The second-order valence-electron chi connectivity index (χ2n) is 16.0. The summed E-state index contributed by atoms with van der Waals surface area (Å²) in [5.41, 5.74) is 16.9. The van der Waals surface area contributed by atoms with E-state index < -0.39 is 5.41 Å². The Morgan fingerprint density at radius 1 is 0.322 bits per heavy atom. The van der Waals surface area contributed by atoms with Gasteiger partial charge in [-0.1, -0.05) is 164 Å². The van der Waals surface area contributed by atoms with E-state index in [4.69, 9.17) is 0 Å². The molecule has 13 rings (SSSR count). The van der Waals surface area contributed by atoms with Crippen molar-refractivity contribution in [2.75, 3.05) is 4.90 Å². The lowest BCUT2D eigenvalue weighted by Gasteiger charge is -2.40. The molecule has 0 fully saturated rings. The van der Waals surface area contributed by atoms with E-state index in [1.807, 2.05) is 0 Å². The maximum absolute atomic E-state index is 2.50. The normalized spacial score (nSPS) is 13.2. The molecule has 1 spiro atoms. The molecule has 59 heavy (non-hydrogen) atoms. The summed E-state index contributed by atoms with van der Waals surface area (Å²) >= 11 is 0. The highest BCUT2D eigenvalue weighted by molar-refractivity contribution is 6.11. The smallest absolute Gasteiger partial charge is 0.0726 e. The van der Waals surface area contributed by atoms with Crippen molar-refractivity contribution in [1.29, 1.82) is 0 Å². The number of hydrogen-bond acceptors (Lipinski definition) is 1. The first-order chi connectivity index (χ1) is 29.3. The van der Waals surface area contributed by atoms with Crippen LogP contribution in [0.4, 0.5) is 17.1 Å². The molecule has 2 nitrogen and oxygen atoms in total. The van der Waals surface area contributed by atoms with Gasteiger partial charge in [-0.05, 0) is 121 Å². The van der Waals surface area contributed by atoms with E-state index in [-0.39, 0.29) is 0 Å². The zero-order valence-corrected chi connectivity index (χ0v) is 32.2. The van der Waals surface area contributed by atoms with E-state index in [0.29, 0.717) is 0 Å². The summed E-state index contributed by atoms with van der Waals surface area (Å²) < 4.78 is 2.44. The lowest BCUT2D eigenvalue weighted by Crippen LogP contribution is -2.32. The molecule has 0 unspecified atom stereocenters. The van der Waals surface area contributed by atoms with E-state index in [1.165, 1.54) is 87.9 Å². The van der Waals surface area contributed by atoms with Gasteiger partial charge in [0.15, 0.2) is 0 Å². The summed E-state index contributed by atoms with van der Waals surface area (Å²) in [6.45, 7) is 0. The fourth-order valence-corrected chi connectivity index (χ4v) is 10.8. The number of nitrogens with zero attached hydrogens (tertiary/aromatic N) is 2. The van der Waals surface area contributed by atoms with Gasteiger partial charge in [-0.15, -0.1) is 0 Å². The third-order valence-electron chi connectivity index (χ3n) is 13.1. The molecule has 2 heteroatoms. The standard InChI is InChI=1S/C57H36N2/c1-2-18-40(19-3-1)58(43-31-33-48-47-22-8-11-27-54(47)59(55(48)36-43)41-29-28-37-14-4-5-15-39(37)34-41)42-30-32-46-49-23-12-16-38-17-13-26-52(56(38)49)57(53(46)35-42)50-24-9-6-20-44(50)45-21-7-10-25-51(45)57/h1-36H. The van der Waals surface area contributed by atoms with Crippen LogP contribution in [-0.2, 0) is 5.41 Å². The summed E-state index contributed by atoms with van der Waals surface area (Å²) in [5.74, 6) is 0. The van der Waals surface area contributed by atoms with Crippen molar-refractivity contribution in [1.82, 2.24) is 4.57 Å². The summed E-state index contributed by atoms with van der Waals surface area (Å²) in [6, 6.07) is 81.2. The van der Waals surface area contributed by atoms with E-state index in [9.17, 15) is 0 Å². The van der Waals surface area contributed by atoms with Gasteiger partial charge >= 0.3 is 0 Å². The molecule has 1 heterocycles. The van der Waals surface area contributed by atoms with Crippen molar-refractivity contribution in [3.05, 3.63) is 241 Å². The minimum Gasteiger partial charge on any atom is -0.310 e. The molecule has 2 aliphatic rings. The molecule has 0 radical (unpaired) electrons. The van der Waals surface area contributed by atoms with Gasteiger partial charge in [0, 0.05) is 33.5 Å². The quantitative estimate of drug-likeness (QED) is 0.174. The van der Waals surface area contributed by atoms with Crippen LogP contribution >= 0.6 is 0 Å². The van der Waals surface area contributed by atoms with E-state index in [2.05, 4.69) is 228 Å². The fourth-order valence-electron chi connectivity index (χ4n) is 10.8. The van der Waals surface area contributed by atoms with Gasteiger partial charge in [0.1, 0.15) is 0 Å². The Balaban J connectivity index is 1.10. The number of hydrogen-bond donors (Lipinski definition) is 0. The number of anilines is 3. The molecule has 11 aromatic rings. The second-order valence-corrected chi connectivity index (χ2v) is 16.0. The van der Waals surface area contributed by atoms with Crippen LogP contribution in [0.5, 0.6) is 0 Å². The Morgan fingerprint density at radius 3 is 1.75 bits per heavy atom. The number of para-hydroxylation sites is 2. The van der Waals surface area contributed by atoms with Crippen LogP contribution in [0.1, 0.15) is 22.3 Å². The zero-order valence-electron chi connectivity index (χ0n) is 32.2. The molecule has 0 N–H and O–H groups in total. The first-order valence-corrected chi connectivity index (χ1v) is 20.5. The molecule has 0 aliphatic heterocycles. The topological polar surface area (TPSA) is 8.17 Å². The highest BCUT2D eigenvalue weighted by atomic mass is 15.1. The SMILES string of the molecule is c1ccc(N(c2ccc3c(c2)C2(c4ccccc4-c4ccccc42)c2cccc4cccc-3c24)c2ccc3c4ccccc4n(-c4ccc5ccccc5c4)c3c2)cc1. The van der Waals surface area contributed by atoms with Crippen LogP contribution in [-0.4, -0.2) is 4.57 Å². The van der Waals surface area contributed by atoms with Crippen LogP contribution < -0.4 is 4.90 Å². The summed E-state index contributed by atoms with van der Waals surface area (Å²) in [5, 5.41) is 7.57. The van der Waals surface area contributed by atoms with Crippen LogP contribution in [0.25, 0.3) is 71.3 Å². The molecule has 0 atom stereocenters. The second kappa shape index (κ2) is 12.2. The van der Waals surface area contributed by atoms with Crippen molar-refractivity contribution in [2.24, 2.45) is 0 Å². The maximum atomic E-state index is 2.50. The molecule has 0 saturated heterocycles. The van der Waals surface area contributed by atoms with Crippen molar-refractivity contribution in [3.63, 3.8) is 0 Å². The summed E-state index contributed by atoms with van der Waals surface area (Å²) in [7, 11) is 0. The number of benzene rings is 10. The summed E-state index contributed by atoms with van der Waals surface area (Å²) in [4.78, 5) is 2.45. The monoisotopic (exact) mass is 748 g/mol. The van der Waals surface area contributed by atoms with Gasteiger partial charge in [-0.3, -0.25) is 0 Å². The van der Waals surface area contributed by atoms with Crippen molar-refractivity contribution >= 4 is 60.4 Å². The third-order valence-corrected chi connectivity index (χ3v) is 13.1. The first kappa shape index (κ1) is 32.4. The van der Waals surface area contributed by atoms with Crippen molar-refractivity contribution in [3.8, 4) is 27.9 Å². The number of fused-ring (bicyclic) bond motifs is 13.